The summed E-state index contributed by atoms with van der Waals surface area (Å²) in [7, 11) is -2.27. The monoisotopic (exact) mass is 481 g/mol. The first-order chi connectivity index (χ1) is 9.83. The molecule has 0 saturated heterocycles. The molecule has 1 N–H and O–H groups in total. The Kier molecular flexibility index (Phi) is 5.15. The van der Waals surface area contributed by atoms with E-state index < -0.39 is 10.0 Å². The summed E-state index contributed by atoms with van der Waals surface area (Å²) in [4.78, 5) is 0.0926. The number of aryl methyl sites for hydroxylation is 1. The summed E-state index contributed by atoms with van der Waals surface area (Å²) in [5, 5.41) is 0. The molecule has 0 heterocycles. The minimum Gasteiger partial charge on any atom is -0.495 e. The van der Waals surface area contributed by atoms with Crippen LogP contribution in [0.3, 0.4) is 0 Å². The molecule has 0 spiro atoms. The average Bonchev–Trinajstić information content (AvgIpc) is 2.42. The zero-order valence-electron chi connectivity index (χ0n) is 11.4. The summed E-state index contributed by atoms with van der Waals surface area (Å²) in [6.07, 6.45) is 0. The number of methoxy groups -OCH3 is 1. The van der Waals surface area contributed by atoms with Crippen LogP contribution in [0.25, 0.3) is 0 Å². The minimum atomic E-state index is -3.72. The Morgan fingerprint density at radius 1 is 1.19 bits per heavy atom. The Hall–Kier alpha value is -0.800. The van der Waals surface area contributed by atoms with Crippen molar-refractivity contribution in [1.29, 1.82) is 0 Å². The molecule has 0 atom stereocenters. The van der Waals surface area contributed by atoms with Crippen molar-refractivity contribution < 1.29 is 13.2 Å². The smallest absolute Gasteiger partial charge is 0.265 e. The normalized spacial score (nSPS) is 11.2. The molecule has 2 aromatic rings. The summed E-state index contributed by atoms with van der Waals surface area (Å²) in [6, 6.07) is 10.2. The highest BCUT2D eigenvalue weighted by Gasteiger charge is 2.20. The summed E-state index contributed by atoms with van der Waals surface area (Å²) in [5.41, 5.74) is 1.62. The summed E-state index contributed by atoms with van der Waals surface area (Å²) in [6.45, 7) is 1.97. The average molecular weight is 482 g/mol. The number of ether oxygens (including phenoxy) is 1. The number of nitrogens with one attached hydrogen (secondary N) is 1. The lowest BCUT2D eigenvalue weighted by atomic mass is 10.2. The maximum atomic E-state index is 12.5. The van der Waals surface area contributed by atoms with Crippen molar-refractivity contribution in [2.24, 2.45) is 0 Å². The Bertz CT molecular complexity index is 778. The number of hydrogen-bond acceptors (Lipinski definition) is 3. The van der Waals surface area contributed by atoms with Crippen LogP contribution in [-0.4, -0.2) is 15.5 Å². The van der Waals surface area contributed by atoms with Crippen molar-refractivity contribution in [3.05, 3.63) is 50.0 Å². The highest BCUT2D eigenvalue weighted by molar-refractivity contribution is 14.1. The number of halogens is 2. The van der Waals surface area contributed by atoms with Crippen molar-refractivity contribution in [2.75, 3.05) is 11.8 Å². The van der Waals surface area contributed by atoms with E-state index in [-0.39, 0.29) is 4.90 Å². The van der Waals surface area contributed by atoms with Gasteiger partial charge in [-0.25, -0.2) is 8.42 Å². The van der Waals surface area contributed by atoms with Gasteiger partial charge in [-0.05, 0) is 65.4 Å². The zero-order chi connectivity index (χ0) is 15.6. The topological polar surface area (TPSA) is 55.4 Å². The van der Waals surface area contributed by atoms with Crippen LogP contribution in [0.15, 0.2) is 45.8 Å². The van der Waals surface area contributed by atoms with Gasteiger partial charge in [-0.2, -0.15) is 0 Å². The number of benzene rings is 2. The van der Waals surface area contributed by atoms with E-state index in [4.69, 9.17) is 4.74 Å². The predicted octanol–water partition coefficient (Wildman–Crippen LogP) is 4.17. The standard InChI is InChI=1S/C14H13BrINO3S/c1-9-3-5-11(8-12(9)16)17-21(18,19)14-7-10(15)4-6-13(14)20-2/h3-8,17H,1-2H3. The third-order valence-electron chi connectivity index (χ3n) is 2.84. The van der Waals surface area contributed by atoms with Crippen LogP contribution < -0.4 is 9.46 Å². The highest BCUT2D eigenvalue weighted by Crippen LogP contribution is 2.29. The van der Waals surface area contributed by atoms with Crippen LogP contribution in [0.1, 0.15) is 5.56 Å². The second-order valence-electron chi connectivity index (χ2n) is 4.36. The van der Waals surface area contributed by atoms with Gasteiger partial charge in [0.2, 0.25) is 0 Å². The van der Waals surface area contributed by atoms with Gasteiger partial charge in [-0.15, -0.1) is 0 Å². The molecule has 0 unspecified atom stereocenters. The first-order valence-corrected chi connectivity index (χ1v) is 9.31. The van der Waals surface area contributed by atoms with Crippen LogP contribution in [-0.2, 0) is 10.0 Å². The first kappa shape index (κ1) is 16.6. The first-order valence-electron chi connectivity index (χ1n) is 5.96. The Morgan fingerprint density at radius 3 is 2.52 bits per heavy atom. The second-order valence-corrected chi connectivity index (χ2v) is 8.09. The van der Waals surface area contributed by atoms with Crippen LogP contribution in [0.2, 0.25) is 0 Å². The molecule has 2 aromatic carbocycles. The molecule has 0 fully saturated rings. The molecule has 4 nitrogen and oxygen atoms in total. The van der Waals surface area contributed by atoms with E-state index >= 15 is 0 Å². The van der Waals surface area contributed by atoms with Crippen molar-refractivity contribution in [1.82, 2.24) is 0 Å². The van der Waals surface area contributed by atoms with Gasteiger partial charge in [0.15, 0.2) is 0 Å². The fourth-order valence-electron chi connectivity index (χ4n) is 1.73. The molecule has 0 aliphatic heterocycles. The van der Waals surface area contributed by atoms with E-state index in [2.05, 4.69) is 43.2 Å². The summed E-state index contributed by atoms with van der Waals surface area (Å²) >= 11 is 5.44. The minimum absolute atomic E-state index is 0.0926. The fourth-order valence-corrected chi connectivity index (χ4v) is 4.00. The SMILES string of the molecule is COc1ccc(Br)cc1S(=O)(=O)Nc1ccc(C)c(I)c1. The molecule has 0 saturated carbocycles. The van der Waals surface area contributed by atoms with Gasteiger partial charge in [-0.3, -0.25) is 4.72 Å². The molecule has 112 valence electrons. The molecule has 0 aliphatic carbocycles. The molecule has 0 bridgehead atoms. The van der Waals surface area contributed by atoms with E-state index in [1.165, 1.54) is 13.2 Å². The summed E-state index contributed by atoms with van der Waals surface area (Å²) < 4.78 is 34.4. The lowest BCUT2D eigenvalue weighted by Gasteiger charge is -2.12. The second kappa shape index (κ2) is 6.53. The van der Waals surface area contributed by atoms with Gasteiger partial charge < -0.3 is 4.74 Å². The van der Waals surface area contributed by atoms with E-state index in [1.807, 2.05) is 13.0 Å². The van der Waals surface area contributed by atoms with Gasteiger partial charge in [0, 0.05) is 13.7 Å². The number of rotatable bonds is 4. The lowest BCUT2D eigenvalue weighted by molar-refractivity contribution is 0.403. The number of sulfonamides is 1. The number of hydrogen-bond donors (Lipinski definition) is 1. The third kappa shape index (κ3) is 3.89. The van der Waals surface area contributed by atoms with Crippen molar-refractivity contribution in [3.63, 3.8) is 0 Å². The molecule has 0 radical (unpaired) electrons. The third-order valence-corrected chi connectivity index (χ3v) is 5.90. The van der Waals surface area contributed by atoms with E-state index in [1.54, 1.807) is 24.3 Å². The van der Waals surface area contributed by atoms with Gasteiger partial charge >= 0.3 is 0 Å². The Labute approximate surface area is 146 Å². The van der Waals surface area contributed by atoms with Crippen molar-refractivity contribution in [2.45, 2.75) is 11.8 Å². The Morgan fingerprint density at radius 2 is 1.90 bits per heavy atom. The molecule has 0 amide bonds. The Balaban J connectivity index is 2.42. The maximum absolute atomic E-state index is 12.5. The molecule has 0 aromatic heterocycles. The zero-order valence-corrected chi connectivity index (χ0v) is 15.9. The van der Waals surface area contributed by atoms with Gasteiger partial charge in [0.1, 0.15) is 10.6 Å². The maximum Gasteiger partial charge on any atom is 0.265 e. The molecule has 0 aliphatic rings. The van der Waals surface area contributed by atoms with Gasteiger partial charge in [0.25, 0.3) is 10.0 Å². The van der Waals surface area contributed by atoms with Crippen LogP contribution in [0.5, 0.6) is 5.75 Å². The molecule has 21 heavy (non-hydrogen) atoms. The van der Waals surface area contributed by atoms with Crippen molar-refractivity contribution in [3.8, 4) is 5.75 Å². The van der Waals surface area contributed by atoms with Gasteiger partial charge in [-0.1, -0.05) is 22.0 Å². The van der Waals surface area contributed by atoms with Gasteiger partial charge in [0.05, 0.1) is 7.11 Å². The lowest BCUT2D eigenvalue weighted by Crippen LogP contribution is -2.14. The van der Waals surface area contributed by atoms with Crippen LogP contribution in [0, 0.1) is 10.5 Å². The van der Waals surface area contributed by atoms with Crippen molar-refractivity contribution >= 4 is 54.2 Å². The molecular formula is C14H13BrINO3S. The summed E-state index contributed by atoms with van der Waals surface area (Å²) in [5.74, 6) is 0.299. The molecular weight excluding hydrogens is 469 g/mol. The van der Waals surface area contributed by atoms with E-state index in [0.717, 1.165) is 9.13 Å². The predicted molar refractivity (Wildman–Crippen MR) is 95.4 cm³/mol. The van der Waals surface area contributed by atoms with Crippen LogP contribution in [0.4, 0.5) is 5.69 Å². The quantitative estimate of drug-likeness (QED) is 0.666. The largest absolute Gasteiger partial charge is 0.495 e. The fraction of sp³-hybridized carbons (Fsp3) is 0.143. The van der Waals surface area contributed by atoms with E-state index in [9.17, 15) is 8.42 Å². The molecule has 7 heteroatoms. The molecule has 2 rings (SSSR count). The number of anilines is 1. The van der Waals surface area contributed by atoms with Crippen LogP contribution >= 0.6 is 38.5 Å². The van der Waals surface area contributed by atoms with E-state index in [0.29, 0.717) is 15.9 Å². The highest BCUT2D eigenvalue weighted by atomic mass is 127.